The summed E-state index contributed by atoms with van der Waals surface area (Å²) in [5, 5.41) is 11.4. The summed E-state index contributed by atoms with van der Waals surface area (Å²) in [6.45, 7) is 6.82. The largest absolute Gasteiger partial charge is 0.507 e. The van der Waals surface area contributed by atoms with E-state index in [1.807, 2.05) is 6.92 Å². The van der Waals surface area contributed by atoms with E-state index in [4.69, 9.17) is 23.7 Å². The molecule has 1 heterocycles. The van der Waals surface area contributed by atoms with Gasteiger partial charge in [0.1, 0.15) is 11.5 Å². The molecule has 0 saturated carbocycles. The molecule has 9 heteroatoms. The predicted octanol–water partition coefficient (Wildman–Crippen LogP) is 4.12. The molecule has 200 valence electrons. The number of methoxy groups -OCH3 is 4. The van der Waals surface area contributed by atoms with Crippen LogP contribution in [0.1, 0.15) is 36.6 Å². The highest BCUT2D eigenvalue weighted by Gasteiger charge is 2.46. The van der Waals surface area contributed by atoms with Crippen LogP contribution in [0, 0.1) is 12.8 Å². The number of aryl methyl sites for hydroxylation is 1. The number of carbonyl (C=O) groups excluding carboxylic acids is 2. The maximum Gasteiger partial charge on any atom is 0.295 e. The molecule has 1 unspecified atom stereocenters. The van der Waals surface area contributed by atoms with Crippen molar-refractivity contribution in [2.24, 2.45) is 5.92 Å². The van der Waals surface area contributed by atoms with Crippen molar-refractivity contribution in [1.29, 1.82) is 0 Å². The van der Waals surface area contributed by atoms with E-state index in [2.05, 4.69) is 13.8 Å². The van der Waals surface area contributed by atoms with Crippen LogP contribution in [0.2, 0.25) is 0 Å². The van der Waals surface area contributed by atoms with Gasteiger partial charge < -0.3 is 33.7 Å². The van der Waals surface area contributed by atoms with Crippen molar-refractivity contribution in [2.45, 2.75) is 26.8 Å². The number of hydrogen-bond donors (Lipinski definition) is 1. The quantitative estimate of drug-likeness (QED) is 0.272. The maximum absolute atomic E-state index is 13.3. The fraction of sp³-hybridized carbons (Fsp3) is 0.429. The molecule has 1 saturated heterocycles. The highest BCUT2D eigenvalue weighted by atomic mass is 16.5. The lowest BCUT2D eigenvalue weighted by atomic mass is 9.93. The lowest BCUT2D eigenvalue weighted by molar-refractivity contribution is -0.140. The Morgan fingerprint density at radius 2 is 1.65 bits per heavy atom. The number of ether oxygens (including phenoxy) is 5. The van der Waals surface area contributed by atoms with Gasteiger partial charge in [0.05, 0.1) is 46.2 Å². The number of carbonyl (C=O) groups is 2. The summed E-state index contributed by atoms with van der Waals surface area (Å²) in [7, 11) is 5.96. The molecule has 0 aliphatic carbocycles. The molecule has 0 radical (unpaired) electrons. The summed E-state index contributed by atoms with van der Waals surface area (Å²) in [6, 6.07) is 7.66. The third-order valence-corrected chi connectivity index (χ3v) is 6.12. The monoisotopic (exact) mass is 513 g/mol. The van der Waals surface area contributed by atoms with Crippen molar-refractivity contribution < 1.29 is 38.4 Å². The van der Waals surface area contributed by atoms with Crippen molar-refractivity contribution in [3.05, 3.63) is 52.6 Å². The van der Waals surface area contributed by atoms with Crippen LogP contribution in [-0.2, 0) is 14.3 Å². The zero-order chi connectivity index (χ0) is 27.3. The summed E-state index contributed by atoms with van der Waals surface area (Å²) < 4.78 is 27.4. The highest BCUT2D eigenvalue weighted by Crippen LogP contribution is 2.45. The Balaban J connectivity index is 2.19. The number of ketones is 1. The molecule has 1 amide bonds. The number of benzene rings is 2. The molecule has 0 spiro atoms. The number of Topliss-reactive ketones (excluding diaryl/α,β-unsaturated/α-hetero) is 1. The molecule has 1 atom stereocenters. The van der Waals surface area contributed by atoms with Gasteiger partial charge >= 0.3 is 0 Å². The van der Waals surface area contributed by atoms with E-state index in [0.717, 1.165) is 0 Å². The molecule has 9 nitrogen and oxygen atoms in total. The summed E-state index contributed by atoms with van der Waals surface area (Å²) in [5.41, 5.74) is 1.61. The molecule has 0 bridgehead atoms. The lowest BCUT2D eigenvalue weighted by Gasteiger charge is -2.26. The standard InChI is InChI=1S/C28H35NO8/c1-16(2)15-37-19-8-9-20(17(3)12-19)25(30)23-24(29(10-11-33-4)28(32)26(23)31)18-13-21(34-5)27(36-7)22(14-18)35-6/h8-9,12-14,16,24,30H,10-11,15H2,1-7H3/b25-23+. The topological polar surface area (TPSA) is 104 Å². The summed E-state index contributed by atoms with van der Waals surface area (Å²) in [4.78, 5) is 27.8. The molecule has 37 heavy (non-hydrogen) atoms. The predicted molar refractivity (Wildman–Crippen MR) is 138 cm³/mol. The van der Waals surface area contributed by atoms with Crippen LogP contribution >= 0.6 is 0 Å². The fourth-order valence-corrected chi connectivity index (χ4v) is 4.31. The Morgan fingerprint density at radius 1 is 1.00 bits per heavy atom. The van der Waals surface area contributed by atoms with E-state index in [1.165, 1.54) is 33.3 Å². The van der Waals surface area contributed by atoms with Crippen molar-refractivity contribution in [3.63, 3.8) is 0 Å². The first-order valence-corrected chi connectivity index (χ1v) is 12.0. The van der Waals surface area contributed by atoms with Crippen LogP contribution < -0.4 is 18.9 Å². The molecule has 2 aromatic rings. The normalized spacial score (nSPS) is 16.9. The van der Waals surface area contributed by atoms with Crippen LogP contribution in [0.25, 0.3) is 5.76 Å². The Labute approximate surface area is 217 Å². The van der Waals surface area contributed by atoms with Crippen LogP contribution in [0.5, 0.6) is 23.0 Å². The zero-order valence-electron chi connectivity index (χ0n) is 22.4. The van der Waals surface area contributed by atoms with Crippen LogP contribution in [0.3, 0.4) is 0 Å². The number of aliphatic hydroxyl groups is 1. The van der Waals surface area contributed by atoms with Crippen LogP contribution in [0.15, 0.2) is 35.9 Å². The Hall–Kier alpha value is -3.72. The van der Waals surface area contributed by atoms with Gasteiger partial charge in [-0.2, -0.15) is 0 Å². The minimum absolute atomic E-state index is 0.0330. The fourth-order valence-electron chi connectivity index (χ4n) is 4.31. The van der Waals surface area contributed by atoms with Crippen LogP contribution in [-0.4, -0.2) is 69.9 Å². The van der Waals surface area contributed by atoms with Crippen LogP contribution in [0.4, 0.5) is 0 Å². The number of rotatable bonds is 11. The first-order valence-electron chi connectivity index (χ1n) is 12.0. The lowest BCUT2D eigenvalue weighted by Crippen LogP contribution is -2.32. The molecular formula is C28H35NO8. The molecule has 1 N–H and O–H groups in total. The maximum atomic E-state index is 13.3. The SMILES string of the molecule is COCCN1C(=O)C(=O)/C(=C(/O)c2ccc(OCC(C)C)cc2C)C1c1cc(OC)c(OC)c(OC)c1. The van der Waals surface area contributed by atoms with Gasteiger partial charge in [-0.3, -0.25) is 9.59 Å². The van der Waals surface area contributed by atoms with E-state index in [1.54, 1.807) is 30.3 Å². The van der Waals surface area contributed by atoms with E-state index < -0.39 is 17.7 Å². The number of aliphatic hydroxyl groups excluding tert-OH is 1. The van der Waals surface area contributed by atoms with E-state index in [9.17, 15) is 14.7 Å². The van der Waals surface area contributed by atoms with E-state index in [0.29, 0.717) is 52.2 Å². The number of nitrogens with zero attached hydrogens (tertiary/aromatic N) is 1. The van der Waals surface area contributed by atoms with E-state index >= 15 is 0 Å². The van der Waals surface area contributed by atoms with Gasteiger partial charge in [0.15, 0.2) is 11.5 Å². The molecule has 1 aliphatic heterocycles. The van der Waals surface area contributed by atoms with Gasteiger partial charge in [-0.05, 0) is 54.3 Å². The summed E-state index contributed by atoms with van der Waals surface area (Å²) in [6.07, 6.45) is 0. The number of hydrogen-bond acceptors (Lipinski definition) is 8. The molecular weight excluding hydrogens is 478 g/mol. The smallest absolute Gasteiger partial charge is 0.295 e. The third kappa shape index (κ3) is 5.67. The second kappa shape index (κ2) is 12.0. The number of amides is 1. The van der Waals surface area contributed by atoms with Gasteiger partial charge in [0.25, 0.3) is 11.7 Å². The molecule has 3 rings (SSSR count). The summed E-state index contributed by atoms with van der Waals surface area (Å²) >= 11 is 0. The summed E-state index contributed by atoms with van der Waals surface area (Å²) in [5.74, 6) is 0.313. The zero-order valence-corrected chi connectivity index (χ0v) is 22.4. The highest BCUT2D eigenvalue weighted by molar-refractivity contribution is 6.46. The van der Waals surface area contributed by atoms with Gasteiger partial charge in [-0.15, -0.1) is 0 Å². The average molecular weight is 514 g/mol. The molecule has 2 aromatic carbocycles. The number of likely N-dealkylation sites (tertiary alicyclic amines) is 1. The molecule has 0 aromatic heterocycles. The molecule has 1 aliphatic rings. The second-order valence-electron chi connectivity index (χ2n) is 9.13. The minimum Gasteiger partial charge on any atom is -0.507 e. The Kier molecular flexibility index (Phi) is 9.04. The third-order valence-electron chi connectivity index (χ3n) is 6.12. The van der Waals surface area contributed by atoms with Gasteiger partial charge in [0.2, 0.25) is 5.75 Å². The van der Waals surface area contributed by atoms with Crippen molar-refractivity contribution in [3.8, 4) is 23.0 Å². The first kappa shape index (κ1) is 27.9. The molecule has 1 fully saturated rings. The second-order valence-corrected chi connectivity index (χ2v) is 9.13. The van der Waals surface area contributed by atoms with Gasteiger partial charge in [-0.1, -0.05) is 13.8 Å². The minimum atomic E-state index is -0.903. The van der Waals surface area contributed by atoms with Gasteiger partial charge in [0, 0.05) is 19.2 Å². The van der Waals surface area contributed by atoms with Crippen molar-refractivity contribution >= 4 is 17.4 Å². The average Bonchev–Trinajstić information content (AvgIpc) is 3.14. The Morgan fingerprint density at radius 3 is 2.16 bits per heavy atom. The van der Waals surface area contributed by atoms with Crippen molar-refractivity contribution in [2.75, 3.05) is 48.2 Å². The Bertz CT molecular complexity index is 1160. The van der Waals surface area contributed by atoms with E-state index in [-0.39, 0.29) is 24.5 Å². The van der Waals surface area contributed by atoms with Gasteiger partial charge in [-0.25, -0.2) is 0 Å². The first-order chi connectivity index (χ1) is 17.7. The van der Waals surface area contributed by atoms with Crippen molar-refractivity contribution in [1.82, 2.24) is 4.90 Å².